The number of halogens is 1. The summed E-state index contributed by atoms with van der Waals surface area (Å²) in [5, 5.41) is 8.37. The third kappa shape index (κ3) is 2.91. The first-order chi connectivity index (χ1) is 5.34. The fourth-order valence-corrected chi connectivity index (χ4v) is 0.916. The van der Waals surface area contributed by atoms with Gasteiger partial charge >= 0.3 is 0 Å². The monoisotopic (exact) mass is 182 g/mol. The van der Waals surface area contributed by atoms with E-state index >= 15 is 0 Å². The van der Waals surface area contributed by atoms with Crippen molar-refractivity contribution in [2.75, 3.05) is 0 Å². The summed E-state index contributed by atoms with van der Waals surface area (Å²) in [5.41, 5.74) is 6.71. The fourth-order valence-electron chi connectivity index (χ4n) is 0.916. The van der Waals surface area contributed by atoms with E-state index in [2.05, 4.69) is 0 Å². The van der Waals surface area contributed by atoms with Crippen LogP contribution in [0.1, 0.15) is 18.0 Å². The van der Waals surface area contributed by atoms with E-state index < -0.39 is 0 Å². The summed E-state index contributed by atoms with van der Waals surface area (Å²) in [6.45, 7) is 0. The molecule has 0 unspecified atom stereocenters. The minimum Gasteiger partial charge on any atom is -0.323 e. The van der Waals surface area contributed by atoms with Crippen molar-refractivity contribution in [3.05, 3.63) is 35.9 Å². The number of hydrogen-bond donors (Lipinski definition) is 1. The van der Waals surface area contributed by atoms with E-state index in [4.69, 9.17) is 11.0 Å². The summed E-state index contributed by atoms with van der Waals surface area (Å²) in [6, 6.07) is 11.5. The smallest absolute Gasteiger partial charge is 0.0641 e. The molecule has 0 aromatic heterocycles. The van der Waals surface area contributed by atoms with Crippen LogP contribution in [0.5, 0.6) is 0 Å². The first-order valence-corrected chi connectivity index (χ1v) is 3.52. The van der Waals surface area contributed by atoms with Gasteiger partial charge in [0.05, 0.1) is 12.5 Å². The molecule has 0 saturated carbocycles. The van der Waals surface area contributed by atoms with Crippen LogP contribution >= 0.6 is 12.4 Å². The Bertz CT molecular complexity index is 253. The van der Waals surface area contributed by atoms with Gasteiger partial charge in [-0.2, -0.15) is 5.26 Å². The highest BCUT2D eigenvalue weighted by Crippen LogP contribution is 2.11. The van der Waals surface area contributed by atoms with Gasteiger partial charge in [0.1, 0.15) is 0 Å². The number of benzene rings is 1. The molecule has 0 aliphatic carbocycles. The van der Waals surface area contributed by atoms with Crippen LogP contribution in [0.15, 0.2) is 30.3 Å². The molecule has 0 amide bonds. The molecule has 1 rings (SSSR count). The quantitative estimate of drug-likeness (QED) is 0.761. The molecule has 0 aliphatic heterocycles. The SMILES string of the molecule is Cl.N#CC[C@H](N)c1ccccc1. The molecular formula is C9H11ClN2. The van der Waals surface area contributed by atoms with Crippen LogP contribution in [-0.2, 0) is 0 Å². The Labute approximate surface area is 78.4 Å². The standard InChI is InChI=1S/C9H10N2.ClH/c10-7-6-9(11)8-4-2-1-3-5-8;/h1-5,9H,6,11H2;1H/t9-;/m0./s1. The van der Waals surface area contributed by atoms with Gasteiger partial charge in [-0.15, -0.1) is 12.4 Å². The van der Waals surface area contributed by atoms with E-state index in [1.165, 1.54) is 0 Å². The van der Waals surface area contributed by atoms with E-state index in [1.54, 1.807) is 0 Å². The van der Waals surface area contributed by atoms with E-state index in [0.29, 0.717) is 6.42 Å². The van der Waals surface area contributed by atoms with Crippen LogP contribution in [0.3, 0.4) is 0 Å². The maximum atomic E-state index is 8.37. The molecule has 0 fully saturated rings. The number of rotatable bonds is 2. The first kappa shape index (κ1) is 11.0. The van der Waals surface area contributed by atoms with E-state index in [0.717, 1.165) is 5.56 Å². The molecule has 2 N–H and O–H groups in total. The number of nitrogens with zero attached hydrogens (tertiary/aromatic N) is 1. The van der Waals surface area contributed by atoms with Crippen molar-refractivity contribution in [3.63, 3.8) is 0 Å². The van der Waals surface area contributed by atoms with Crippen molar-refractivity contribution >= 4 is 12.4 Å². The van der Waals surface area contributed by atoms with Crippen LogP contribution in [0.2, 0.25) is 0 Å². The highest BCUT2D eigenvalue weighted by atomic mass is 35.5. The zero-order valence-corrected chi connectivity index (χ0v) is 7.42. The lowest BCUT2D eigenvalue weighted by Gasteiger charge is -2.05. The first-order valence-electron chi connectivity index (χ1n) is 3.52. The van der Waals surface area contributed by atoms with Crippen molar-refractivity contribution in [1.82, 2.24) is 0 Å². The van der Waals surface area contributed by atoms with Crippen LogP contribution in [0.4, 0.5) is 0 Å². The zero-order chi connectivity index (χ0) is 8.10. The third-order valence-electron chi connectivity index (χ3n) is 1.54. The summed E-state index contributed by atoms with van der Waals surface area (Å²) < 4.78 is 0. The van der Waals surface area contributed by atoms with Gasteiger partial charge in [0, 0.05) is 6.04 Å². The Hall–Kier alpha value is -1.04. The van der Waals surface area contributed by atoms with Gasteiger partial charge in [-0.05, 0) is 5.56 Å². The van der Waals surface area contributed by atoms with Crippen molar-refractivity contribution in [2.45, 2.75) is 12.5 Å². The van der Waals surface area contributed by atoms with Crippen molar-refractivity contribution in [3.8, 4) is 6.07 Å². The summed E-state index contributed by atoms with van der Waals surface area (Å²) in [6.07, 6.45) is 0.379. The second-order valence-corrected chi connectivity index (χ2v) is 2.38. The maximum absolute atomic E-state index is 8.37. The molecule has 0 bridgehead atoms. The highest BCUT2D eigenvalue weighted by molar-refractivity contribution is 5.85. The Balaban J connectivity index is 0.00000121. The summed E-state index contributed by atoms with van der Waals surface area (Å²) in [7, 11) is 0. The van der Waals surface area contributed by atoms with Crippen LogP contribution in [0, 0.1) is 11.3 Å². The number of nitriles is 1. The normalized spacial score (nSPS) is 11.0. The molecule has 1 aromatic rings. The van der Waals surface area contributed by atoms with Gasteiger partial charge in [-0.3, -0.25) is 0 Å². The lowest BCUT2D eigenvalue weighted by Crippen LogP contribution is -2.08. The fraction of sp³-hybridized carbons (Fsp3) is 0.222. The largest absolute Gasteiger partial charge is 0.323 e. The summed E-state index contributed by atoms with van der Waals surface area (Å²) >= 11 is 0. The molecular weight excluding hydrogens is 172 g/mol. The van der Waals surface area contributed by atoms with Crippen LogP contribution in [0.25, 0.3) is 0 Å². The van der Waals surface area contributed by atoms with Crippen molar-refractivity contribution in [1.29, 1.82) is 5.26 Å². The second-order valence-electron chi connectivity index (χ2n) is 2.38. The van der Waals surface area contributed by atoms with E-state index in [-0.39, 0.29) is 18.4 Å². The molecule has 1 atom stereocenters. The predicted octanol–water partition coefficient (Wildman–Crippen LogP) is 2.02. The molecule has 0 saturated heterocycles. The highest BCUT2D eigenvalue weighted by Gasteiger charge is 2.02. The molecule has 0 radical (unpaired) electrons. The third-order valence-corrected chi connectivity index (χ3v) is 1.54. The van der Waals surface area contributed by atoms with E-state index in [1.807, 2.05) is 36.4 Å². The molecule has 0 heterocycles. The summed E-state index contributed by atoms with van der Waals surface area (Å²) in [4.78, 5) is 0. The van der Waals surface area contributed by atoms with E-state index in [9.17, 15) is 0 Å². The Morgan fingerprint density at radius 2 is 1.92 bits per heavy atom. The van der Waals surface area contributed by atoms with Crippen LogP contribution < -0.4 is 5.73 Å². The van der Waals surface area contributed by atoms with Gasteiger partial charge in [0.15, 0.2) is 0 Å². The topological polar surface area (TPSA) is 49.8 Å². The molecule has 0 spiro atoms. The predicted molar refractivity (Wildman–Crippen MR) is 50.8 cm³/mol. The number of hydrogen-bond acceptors (Lipinski definition) is 2. The Kier molecular flexibility index (Phi) is 5.11. The minimum absolute atomic E-state index is 0. The van der Waals surface area contributed by atoms with Crippen molar-refractivity contribution < 1.29 is 0 Å². The minimum atomic E-state index is -0.138. The van der Waals surface area contributed by atoms with Gasteiger partial charge in [0.25, 0.3) is 0 Å². The molecule has 12 heavy (non-hydrogen) atoms. The lowest BCUT2D eigenvalue weighted by atomic mass is 10.1. The molecule has 2 nitrogen and oxygen atoms in total. The number of nitrogens with two attached hydrogens (primary N) is 1. The Morgan fingerprint density at radius 3 is 2.42 bits per heavy atom. The van der Waals surface area contributed by atoms with Crippen LogP contribution in [-0.4, -0.2) is 0 Å². The van der Waals surface area contributed by atoms with Crippen molar-refractivity contribution in [2.24, 2.45) is 5.73 Å². The van der Waals surface area contributed by atoms with Gasteiger partial charge in [-0.1, -0.05) is 30.3 Å². The lowest BCUT2D eigenvalue weighted by molar-refractivity contribution is 0.748. The molecule has 1 aromatic carbocycles. The maximum Gasteiger partial charge on any atom is 0.0641 e. The Morgan fingerprint density at radius 1 is 1.33 bits per heavy atom. The summed E-state index contributed by atoms with van der Waals surface area (Å²) in [5.74, 6) is 0. The average molecular weight is 183 g/mol. The molecule has 64 valence electrons. The average Bonchev–Trinajstić information content (AvgIpc) is 2.07. The van der Waals surface area contributed by atoms with Gasteiger partial charge < -0.3 is 5.73 Å². The molecule has 3 heteroatoms. The zero-order valence-electron chi connectivity index (χ0n) is 6.60. The molecule has 0 aliphatic rings. The van der Waals surface area contributed by atoms with Gasteiger partial charge in [-0.25, -0.2) is 0 Å². The second kappa shape index (κ2) is 5.59. The van der Waals surface area contributed by atoms with Gasteiger partial charge in [0.2, 0.25) is 0 Å².